The minimum Gasteiger partial charge on any atom is -0.492 e. The number of amides is 1. The molecule has 0 radical (unpaired) electrons. The van der Waals surface area contributed by atoms with E-state index in [1.54, 1.807) is 0 Å². The van der Waals surface area contributed by atoms with E-state index in [1.807, 2.05) is 78.4 Å². The smallest absolute Gasteiger partial charge is 0.254 e. The molecule has 1 saturated heterocycles. The zero-order valence-electron chi connectivity index (χ0n) is 17.5. The van der Waals surface area contributed by atoms with Crippen LogP contribution < -0.4 is 9.64 Å². The predicted molar refractivity (Wildman–Crippen MR) is 118 cm³/mol. The highest BCUT2D eigenvalue weighted by Gasteiger charge is 2.22. The third-order valence-electron chi connectivity index (χ3n) is 5.31. The van der Waals surface area contributed by atoms with Crippen molar-refractivity contribution in [3.8, 4) is 5.75 Å². The molecule has 30 heavy (non-hydrogen) atoms. The van der Waals surface area contributed by atoms with E-state index in [-0.39, 0.29) is 5.91 Å². The monoisotopic (exact) mass is 405 g/mol. The second-order valence-corrected chi connectivity index (χ2v) is 7.54. The first-order valence-corrected chi connectivity index (χ1v) is 10.3. The number of benzene rings is 2. The summed E-state index contributed by atoms with van der Waals surface area (Å²) in [6.07, 6.45) is 0. The van der Waals surface area contributed by atoms with Gasteiger partial charge in [0.05, 0.1) is 30.8 Å². The average Bonchev–Trinajstić information content (AvgIpc) is 2.78. The molecule has 0 spiro atoms. The third-order valence-corrected chi connectivity index (χ3v) is 5.31. The lowest BCUT2D eigenvalue weighted by Gasteiger charge is -2.28. The number of ether oxygens (including phenoxy) is 2. The Kier molecular flexibility index (Phi) is 6.14. The van der Waals surface area contributed by atoms with Crippen molar-refractivity contribution in [2.75, 3.05) is 51.4 Å². The van der Waals surface area contributed by atoms with Crippen LogP contribution in [0.1, 0.15) is 15.9 Å². The van der Waals surface area contributed by atoms with E-state index in [4.69, 9.17) is 14.5 Å². The second kappa shape index (κ2) is 9.13. The topological polar surface area (TPSA) is 54.9 Å². The van der Waals surface area contributed by atoms with Gasteiger partial charge in [-0.25, -0.2) is 4.98 Å². The second-order valence-electron chi connectivity index (χ2n) is 7.54. The summed E-state index contributed by atoms with van der Waals surface area (Å²) >= 11 is 0. The highest BCUT2D eigenvalue weighted by Crippen LogP contribution is 2.24. The minimum atomic E-state index is 0.0301. The van der Waals surface area contributed by atoms with Gasteiger partial charge in [0.25, 0.3) is 5.91 Å². The van der Waals surface area contributed by atoms with Crippen LogP contribution in [0.15, 0.2) is 54.6 Å². The number of pyridine rings is 1. The molecule has 6 nitrogen and oxygen atoms in total. The first kappa shape index (κ1) is 20.2. The van der Waals surface area contributed by atoms with Gasteiger partial charge in [-0.15, -0.1) is 0 Å². The van der Waals surface area contributed by atoms with Gasteiger partial charge in [-0.2, -0.15) is 0 Å². The summed E-state index contributed by atoms with van der Waals surface area (Å²) < 4.78 is 11.3. The standard InChI is InChI=1S/C24H27N3O3/c1-18-6-5-7-19(16-18)30-15-10-26(2)23-17-21(20-8-3-4-9-22(20)25-23)24(28)27-11-13-29-14-12-27/h3-9,16-17H,10-15H2,1-2H3. The van der Waals surface area contributed by atoms with E-state index >= 15 is 0 Å². The molecule has 0 unspecified atom stereocenters. The number of hydrogen-bond acceptors (Lipinski definition) is 5. The number of carbonyl (C=O) groups is 1. The maximum Gasteiger partial charge on any atom is 0.254 e. The first-order chi connectivity index (χ1) is 14.6. The van der Waals surface area contributed by atoms with E-state index in [0.29, 0.717) is 45.0 Å². The molecule has 1 fully saturated rings. The van der Waals surface area contributed by atoms with Crippen LogP contribution >= 0.6 is 0 Å². The molecule has 0 atom stereocenters. The van der Waals surface area contributed by atoms with Crippen molar-refractivity contribution in [3.05, 3.63) is 65.7 Å². The molecule has 1 aliphatic rings. The third kappa shape index (κ3) is 4.54. The zero-order valence-corrected chi connectivity index (χ0v) is 17.5. The van der Waals surface area contributed by atoms with Crippen LogP contribution in [0.5, 0.6) is 5.75 Å². The summed E-state index contributed by atoms with van der Waals surface area (Å²) in [5.41, 5.74) is 2.67. The van der Waals surface area contributed by atoms with Gasteiger partial charge < -0.3 is 19.3 Å². The molecule has 1 aromatic heterocycles. The fourth-order valence-corrected chi connectivity index (χ4v) is 3.59. The maximum atomic E-state index is 13.2. The molecule has 1 aliphatic heterocycles. The SMILES string of the molecule is Cc1cccc(OCCN(C)c2cc(C(=O)N3CCOCC3)c3ccccc3n2)c1. The van der Waals surface area contributed by atoms with Crippen LogP contribution in [-0.4, -0.2) is 62.3 Å². The largest absolute Gasteiger partial charge is 0.492 e. The van der Waals surface area contributed by atoms with Gasteiger partial charge >= 0.3 is 0 Å². The lowest BCUT2D eigenvalue weighted by atomic mass is 10.1. The van der Waals surface area contributed by atoms with Gasteiger partial charge in [0.1, 0.15) is 18.2 Å². The number of anilines is 1. The Balaban J connectivity index is 1.53. The Hall–Kier alpha value is -3.12. The van der Waals surface area contributed by atoms with Gasteiger partial charge in [0.15, 0.2) is 0 Å². The molecular formula is C24H27N3O3. The van der Waals surface area contributed by atoms with Gasteiger partial charge in [-0.05, 0) is 36.8 Å². The van der Waals surface area contributed by atoms with Gasteiger partial charge in [0, 0.05) is 25.5 Å². The number of carbonyl (C=O) groups excluding carboxylic acids is 1. The molecule has 0 aliphatic carbocycles. The summed E-state index contributed by atoms with van der Waals surface area (Å²) in [6, 6.07) is 17.7. The van der Waals surface area contributed by atoms with E-state index in [9.17, 15) is 4.79 Å². The van der Waals surface area contributed by atoms with Crippen molar-refractivity contribution in [1.82, 2.24) is 9.88 Å². The predicted octanol–water partition coefficient (Wildman–Crippen LogP) is 3.53. The number of aryl methyl sites for hydroxylation is 1. The Morgan fingerprint density at radius 3 is 2.73 bits per heavy atom. The van der Waals surface area contributed by atoms with Crippen LogP contribution in [0.25, 0.3) is 10.9 Å². The molecule has 6 heteroatoms. The minimum absolute atomic E-state index is 0.0301. The number of morpholine rings is 1. The zero-order chi connectivity index (χ0) is 20.9. The molecule has 2 aromatic carbocycles. The van der Waals surface area contributed by atoms with Crippen molar-refractivity contribution >= 4 is 22.6 Å². The lowest BCUT2D eigenvalue weighted by molar-refractivity contribution is 0.0304. The van der Waals surface area contributed by atoms with E-state index < -0.39 is 0 Å². The van der Waals surface area contributed by atoms with Crippen LogP contribution in [-0.2, 0) is 4.74 Å². The first-order valence-electron chi connectivity index (χ1n) is 10.3. The number of likely N-dealkylation sites (N-methyl/N-ethyl adjacent to an activating group) is 1. The molecule has 0 N–H and O–H groups in total. The maximum absolute atomic E-state index is 13.2. The fraction of sp³-hybridized carbons (Fsp3) is 0.333. The molecule has 3 aromatic rings. The number of aromatic nitrogens is 1. The Labute approximate surface area is 177 Å². The summed E-state index contributed by atoms with van der Waals surface area (Å²) in [7, 11) is 1.97. The van der Waals surface area contributed by atoms with Crippen LogP contribution in [0.3, 0.4) is 0 Å². The number of nitrogens with zero attached hydrogens (tertiary/aromatic N) is 3. The van der Waals surface area contributed by atoms with Crippen LogP contribution in [0.2, 0.25) is 0 Å². The lowest BCUT2D eigenvalue weighted by Crippen LogP contribution is -2.40. The fourth-order valence-electron chi connectivity index (χ4n) is 3.59. The van der Waals surface area contributed by atoms with Crippen LogP contribution in [0, 0.1) is 6.92 Å². The number of fused-ring (bicyclic) bond motifs is 1. The summed E-state index contributed by atoms with van der Waals surface area (Å²) in [4.78, 5) is 21.9. The van der Waals surface area contributed by atoms with Gasteiger partial charge in [0.2, 0.25) is 0 Å². The molecular weight excluding hydrogens is 378 g/mol. The Bertz CT molecular complexity index is 1030. The molecule has 156 valence electrons. The highest BCUT2D eigenvalue weighted by atomic mass is 16.5. The van der Waals surface area contributed by atoms with E-state index in [1.165, 1.54) is 5.56 Å². The van der Waals surface area contributed by atoms with Crippen molar-refractivity contribution in [3.63, 3.8) is 0 Å². The Morgan fingerprint density at radius 2 is 1.93 bits per heavy atom. The molecule has 0 bridgehead atoms. The average molecular weight is 405 g/mol. The van der Waals surface area contributed by atoms with Gasteiger partial charge in [-0.1, -0.05) is 30.3 Å². The van der Waals surface area contributed by atoms with Crippen molar-refractivity contribution in [2.45, 2.75) is 6.92 Å². The number of hydrogen-bond donors (Lipinski definition) is 0. The van der Waals surface area contributed by atoms with Crippen LogP contribution in [0.4, 0.5) is 5.82 Å². The van der Waals surface area contributed by atoms with E-state index in [2.05, 4.69) is 0 Å². The van der Waals surface area contributed by atoms with Gasteiger partial charge in [-0.3, -0.25) is 4.79 Å². The van der Waals surface area contributed by atoms with E-state index in [0.717, 1.165) is 22.5 Å². The summed E-state index contributed by atoms with van der Waals surface area (Å²) in [5, 5.41) is 0.877. The molecule has 1 amide bonds. The molecule has 4 rings (SSSR count). The number of para-hydroxylation sites is 1. The molecule has 0 saturated carbocycles. The van der Waals surface area contributed by atoms with Crippen molar-refractivity contribution < 1.29 is 14.3 Å². The molecule has 2 heterocycles. The Morgan fingerprint density at radius 1 is 1.13 bits per heavy atom. The van der Waals surface area contributed by atoms with Crippen molar-refractivity contribution in [1.29, 1.82) is 0 Å². The van der Waals surface area contributed by atoms with Crippen molar-refractivity contribution in [2.24, 2.45) is 0 Å². The summed E-state index contributed by atoms with van der Waals surface area (Å²) in [6.45, 7) is 5.63. The quantitative estimate of drug-likeness (QED) is 0.628. The highest BCUT2D eigenvalue weighted by molar-refractivity contribution is 6.07. The summed E-state index contributed by atoms with van der Waals surface area (Å²) in [5.74, 6) is 1.65. The normalized spacial score (nSPS) is 14.0. The number of rotatable bonds is 6.